The van der Waals surface area contributed by atoms with Crippen LogP contribution < -0.4 is 0 Å². The zero-order valence-corrected chi connectivity index (χ0v) is 13.8. The third-order valence-corrected chi connectivity index (χ3v) is 4.94. The van der Waals surface area contributed by atoms with E-state index in [0.717, 1.165) is 6.42 Å². The summed E-state index contributed by atoms with van der Waals surface area (Å²) in [5.74, 6) is 0. The van der Waals surface area contributed by atoms with Crippen molar-refractivity contribution in [1.29, 1.82) is 0 Å². The Morgan fingerprint density at radius 2 is 1.63 bits per heavy atom. The lowest BCUT2D eigenvalue weighted by Crippen LogP contribution is -2.19. The SMILES string of the molecule is CC1=C(C)C(C)(C)C(C2=CC[C]=C2C(C)(C)C)=C1C. The van der Waals surface area contributed by atoms with Gasteiger partial charge in [0.2, 0.25) is 0 Å². The van der Waals surface area contributed by atoms with E-state index in [2.05, 4.69) is 67.5 Å². The molecule has 0 aliphatic heterocycles. The number of rotatable bonds is 1. The molecule has 1 radical (unpaired) electrons. The molecule has 0 unspecified atom stereocenters. The molecule has 0 amide bonds. The first-order valence-corrected chi connectivity index (χ1v) is 7.30. The lowest BCUT2D eigenvalue weighted by molar-refractivity contribution is 0.498. The van der Waals surface area contributed by atoms with Crippen molar-refractivity contribution in [2.45, 2.75) is 61.8 Å². The first-order chi connectivity index (χ1) is 8.58. The summed E-state index contributed by atoms with van der Waals surface area (Å²) in [5, 5.41) is 0. The lowest BCUT2D eigenvalue weighted by atomic mass is 9.72. The molecule has 0 N–H and O–H groups in total. The largest absolute Gasteiger partial charge is 0.0722 e. The molecule has 103 valence electrons. The number of hydrogen-bond acceptors (Lipinski definition) is 0. The fraction of sp³-hybridized carbons (Fsp3) is 0.579. The summed E-state index contributed by atoms with van der Waals surface area (Å²) in [7, 11) is 0. The molecule has 0 nitrogen and oxygen atoms in total. The van der Waals surface area contributed by atoms with Crippen molar-refractivity contribution in [2.75, 3.05) is 0 Å². The molecular formula is C19H27. The van der Waals surface area contributed by atoms with E-state index in [-0.39, 0.29) is 10.8 Å². The van der Waals surface area contributed by atoms with Crippen LogP contribution in [0.2, 0.25) is 0 Å². The molecule has 0 heteroatoms. The minimum absolute atomic E-state index is 0.155. The Morgan fingerprint density at radius 3 is 2.05 bits per heavy atom. The van der Waals surface area contributed by atoms with Crippen LogP contribution in [0.15, 0.2) is 39.5 Å². The highest BCUT2D eigenvalue weighted by atomic mass is 14.4. The van der Waals surface area contributed by atoms with Gasteiger partial charge in [0, 0.05) is 5.41 Å². The van der Waals surface area contributed by atoms with Gasteiger partial charge in [-0.05, 0) is 66.5 Å². The summed E-state index contributed by atoms with van der Waals surface area (Å²) in [6, 6.07) is 0. The lowest BCUT2D eigenvalue weighted by Gasteiger charge is -2.32. The molecule has 0 aromatic heterocycles. The fourth-order valence-corrected chi connectivity index (χ4v) is 3.48. The molecule has 2 aliphatic rings. The van der Waals surface area contributed by atoms with Crippen molar-refractivity contribution in [3.8, 4) is 0 Å². The molecule has 2 rings (SSSR count). The van der Waals surface area contributed by atoms with E-state index < -0.39 is 0 Å². The summed E-state index contributed by atoms with van der Waals surface area (Å²) in [6.45, 7) is 18.4. The third-order valence-electron chi connectivity index (χ3n) is 4.94. The summed E-state index contributed by atoms with van der Waals surface area (Å²) in [5.41, 5.74) is 9.17. The van der Waals surface area contributed by atoms with E-state index >= 15 is 0 Å². The van der Waals surface area contributed by atoms with Crippen LogP contribution in [0.5, 0.6) is 0 Å². The second kappa shape index (κ2) is 4.23. The Balaban J connectivity index is 2.54. The fourth-order valence-electron chi connectivity index (χ4n) is 3.48. The van der Waals surface area contributed by atoms with Gasteiger partial charge in [-0.2, -0.15) is 0 Å². The number of hydrogen-bond donors (Lipinski definition) is 0. The summed E-state index contributed by atoms with van der Waals surface area (Å²) in [4.78, 5) is 0. The Labute approximate surface area is 119 Å². The molecular weight excluding hydrogens is 228 g/mol. The predicted molar refractivity (Wildman–Crippen MR) is 83.8 cm³/mol. The van der Waals surface area contributed by atoms with Crippen LogP contribution in [-0.4, -0.2) is 0 Å². The van der Waals surface area contributed by atoms with E-state index in [9.17, 15) is 0 Å². The number of allylic oxidation sites excluding steroid dienone is 8. The Morgan fingerprint density at radius 1 is 1.05 bits per heavy atom. The summed E-state index contributed by atoms with van der Waals surface area (Å²) >= 11 is 0. The smallest absolute Gasteiger partial charge is 0.0117 e. The Hall–Kier alpha value is -1.04. The standard InChI is InChI=1S/C19H27/c1-12-13(2)17(19(7,8)14(12)3)15-10-9-11-16(15)18(4,5)6/h10H,9H2,1-8H3. The molecule has 0 saturated heterocycles. The molecule has 0 spiro atoms. The molecule has 0 fully saturated rings. The Bertz CT molecular complexity index is 537. The minimum atomic E-state index is 0.155. The maximum atomic E-state index is 3.58. The second-order valence-corrected chi connectivity index (χ2v) is 7.50. The van der Waals surface area contributed by atoms with E-state index in [1.807, 2.05) is 0 Å². The summed E-state index contributed by atoms with van der Waals surface area (Å²) in [6.07, 6.45) is 6.92. The normalized spacial score (nSPS) is 23.2. The highest BCUT2D eigenvalue weighted by Gasteiger charge is 2.39. The van der Waals surface area contributed by atoms with Gasteiger partial charge in [-0.3, -0.25) is 0 Å². The van der Waals surface area contributed by atoms with Gasteiger partial charge < -0.3 is 0 Å². The summed E-state index contributed by atoms with van der Waals surface area (Å²) < 4.78 is 0. The van der Waals surface area contributed by atoms with Crippen LogP contribution in [0.1, 0.15) is 61.8 Å². The van der Waals surface area contributed by atoms with Crippen LogP contribution >= 0.6 is 0 Å². The topological polar surface area (TPSA) is 0 Å². The van der Waals surface area contributed by atoms with Gasteiger partial charge in [0.25, 0.3) is 0 Å². The highest BCUT2D eigenvalue weighted by Crippen LogP contribution is 2.53. The molecule has 0 aromatic rings. The molecule has 2 aliphatic carbocycles. The van der Waals surface area contributed by atoms with E-state index in [4.69, 9.17) is 0 Å². The zero-order chi connectivity index (χ0) is 14.6. The van der Waals surface area contributed by atoms with Crippen LogP contribution in [-0.2, 0) is 0 Å². The Kier molecular flexibility index (Phi) is 3.20. The monoisotopic (exact) mass is 255 g/mol. The van der Waals surface area contributed by atoms with Gasteiger partial charge in [0.15, 0.2) is 0 Å². The maximum Gasteiger partial charge on any atom is 0.0117 e. The van der Waals surface area contributed by atoms with Crippen LogP contribution in [0, 0.1) is 16.9 Å². The van der Waals surface area contributed by atoms with Crippen LogP contribution in [0.4, 0.5) is 0 Å². The van der Waals surface area contributed by atoms with Crippen molar-refractivity contribution in [3.05, 3.63) is 45.6 Å². The second-order valence-electron chi connectivity index (χ2n) is 7.50. The van der Waals surface area contributed by atoms with Gasteiger partial charge in [-0.1, -0.05) is 46.3 Å². The van der Waals surface area contributed by atoms with Gasteiger partial charge >= 0.3 is 0 Å². The molecule has 0 bridgehead atoms. The van der Waals surface area contributed by atoms with E-state index in [1.54, 1.807) is 0 Å². The van der Waals surface area contributed by atoms with E-state index in [0.29, 0.717) is 0 Å². The van der Waals surface area contributed by atoms with Crippen molar-refractivity contribution in [2.24, 2.45) is 10.8 Å². The average molecular weight is 255 g/mol. The van der Waals surface area contributed by atoms with Crippen molar-refractivity contribution in [3.63, 3.8) is 0 Å². The van der Waals surface area contributed by atoms with Gasteiger partial charge in [-0.25, -0.2) is 0 Å². The third kappa shape index (κ3) is 2.06. The van der Waals surface area contributed by atoms with Crippen molar-refractivity contribution < 1.29 is 0 Å². The van der Waals surface area contributed by atoms with Gasteiger partial charge in [-0.15, -0.1) is 0 Å². The quantitative estimate of drug-likeness (QED) is 0.556. The molecule has 0 atom stereocenters. The predicted octanol–water partition coefficient (Wildman–Crippen LogP) is 5.78. The van der Waals surface area contributed by atoms with Crippen molar-refractivity contribution >= 4 is 0 Å². The minimum Gasteiger partial charge on any atom is -0.0722 e. The zero-order valence-electron chi connectivity index (χ0n) is 13.8. The maximum absolute atomic E-state index is 3.58. The first-order valence-electron chi connectivity index (χ1n) is 7.30. The van der Waals surface area contributed by atoms with Crippen LogP contribution in [0.3, 0.4) is 0 Å². The molecule has 19 heavy (non-hydrogen) atoms. The average Bonchev–Trinajstić information content (AvgIpc) is 2.79. The van der Waals surface area contributed by atoms with Crippen molar-refractivity contribution in [1.82, 2.24) is 0 Å². The van der Waals surface area contributed by atoms with Crippen LogP contribution in [0.25, 0.3) is 0 Å². The molecule has 0 aromatic carbocycles. The first kappa shape index (κ1) is 14.4. The van der Waals surface area contributed by atoms with Gasteiger partial charge in [0.1, 0.15) is 0 Å². The molecule has 0 heterocycles. The molecule has 0 saturated carbocycles. The van der Waals surface area contributed by atoms with Gasteiger partial charge in [0.05, 0.1) is 0 Å². The van der Waals surface area contributed by atoms with E-state index in [1.165, 1.54) is 33.4 Å². The highest BCUT2D eigenvalue weighted by molar-refractivity contribution is 5.64.